The van der Waals surface area contributed by atoms with Gasteiger partial charge in [-0.1, -0.05) is 24.3 Å². The van der Waals surface area contributed by atoms with Gasteiger partial charge in [0.2, 0.25) is 11.8 Å². The van der Waals surface area contributed by atoms with Crippen LogP contribution in [0.2, 0.25) is 0 Å². The van der Waals surface area contributed by atoms with Crippen molar-refractivity contribution in [1.29, 1.82) is 0 Å². The molecule has 2 aromatic rings. The largest absolute Gasteiger partial charge is 0.480 e. The number of hydrogen-bond acceptors (Lipinski definition) is 5. The maximum atomic E-state index is 13.0. The predicted octanol–water partition coefficient (Wildman–Crippen LogP) is 1.21. The highest BCUT2D eigenvalue weighted by Gasteiger charge is 2.33. The SMILES string of the molecule is NCC(=O)N1Cc2ccccc2C[C@H]1C(=O)NCCCC[C@H](NC(=O)c1ccc(F)cc1)C(=O)O. The molecule has 0 bridgehead atoms. The Morgan fingerprint density at radius 1 is 1.06 bits per heavy atom. The number of carboxylic acid groups (broad SMARTS) is 1. The van der Waals surface area contributed by atoms with Gasteiger partial charge in [-0.05, 0) is 54.7 Å². The third-order valence-corrected chi connectivity index (χ3v) is 5.97. The van der Waals surface area contributed by atoms with E-state index in [9.17, 15) is 28.7 Å². The summed E-state index contributed by atoms with van der Waals surface area (Å²) in [6, 6.07) is 10.7. The first-order valence-electron chi connectivity index (χ1n) is 11.4. The summed E-state index contributed by atoms with van der Waals surface area (Å²) in [5.74, 6) is -2.87. The standard InChI is InChI=1S/C25H29FN4O5/c26-19-10-8-16(9-11-19)23(32)29-20(25(34)35)7-3-4-12-28-24(33)21-13-17-5-1-2-6-18(17)15-30(21)22(31)14-27/h1-2,5-6,8-11,20-21H,3-4,7,12-15,27H2,(H,28,33)(H,29,32)(H,34,35)/t20-,21-/m0/s1. The number of carbonyl (C=O) groups is 4. The molecule has 0 fully saturated rings. The van der Waals surface area contributed by atoms with E-state index in [1.54, 1.807) is 0 Å². The summed E-state index contributed by atoms with van der Waals surface area (Å²) in [6.45, 7) is 0.421. The first-order valence-corrected chi connectivity index (χ1v) is 11.4. The summed E-state index contributed by atoms with van der Waals surface area (Å²) in [4.78, 5) is 50.4. The number of amides is 3. The first kappa shape index (κ1) is 25.8. The third-order valence-electron chi connectivity index (χ3n) is 5.97. The van der Waals surface area contributed by atoms with E-state index in [-0.39, 0.29) is 30.3 Å². The topological polar surface area (TPSA) is 142 Å². The summed E-state index contributed by atoms with van der Waals surface area (Å²) < 4.78 is 13.0. The highest BCUT2D eigenvalue weighted by atomic mass is 19.1. The summed E-state index contributed by atoms with van der Waals surface area (Å²) in [7, 11) is 0. The number of benzene rings is 2. The number of nitrogens with two attached hydrogens (primary N) is 1. The lowest BCUT2D eigenvalue weighted by Gasteiger charge is -2.35. The van der Waals surface area contributed by atoms with E-state index in [4.69, 9.17) is 5.73 Å². The zero-order valence-corrected chi connectivity index (χ0v) is 19.2. The smallest absolute Gasteiger partial charge is 0.326 e. The van der Waals surface area contributed by atoms with Crippen LogP contribution in [0.5, 0.6) is 0 Å². The van der Waals surface area contributed by atoms with Crippen LogP contribution in [0, 0.1) is 5.82 Å². The van der Waals surface area contributed by atoms with Crippen molar-refractivity contribution in [2.24, 2.45) is 5.73 Å². The van der Waals surface area contributed by atoms with Crippen molar-refractivity contribution >= 4 is 23.7 Å². The fraction of sp³-hybridized carbons (Fsp3) is 0.360. The van der Waals surface area contributed by atoms with Gasteiger partial charge >= 0.3 is 5.97 Å². The molecule has 3 amide bonds. The highest BCUT2D eigenvalue weighted by molar-refractivity contribution is 5.96. The van der Waals surface area contributed by atoms with E-state index in [0.29, 0.717) is 32.4 Å². The molecule has 0 aromatic heterocycles. The first-order chi connectivity index (χ1) is 16.8. The molecule has 5 N–H and O–H groups in total. The van der Waals surface area contributed by atoms with Gasteiger partial charge in [-0.3, -0.25) is 14.4 Å². The number of carbonyl (C=O) groups excluding carboxylic acids is 3. The maximum Gasteiger partial charge on any atom is 0.326 e. The number of aliphatic carboxylic acids is 1. The van der Waals surface area contributed by atoms with E-state index < -0.39 is 29.8 Å². The Bertz CT molecular complexity index is 1080. The molecule has 0 saturated carbocycles. The van der Waals surface area contributed by atoms with Crippen molar-refractivity contribution in [3.63, 3.8) is 0 Å². The molecule has 35 heavy (non-hydrogen) atoms. The quantitative estimate of drug-likeness (QED) is 0.374. The van der Waals surface area contributed by atoms with E-state index >= 15 is 0 Å². The molecule has 0 radical (unpaired) electrons. The lowest BCUT2D eigenvalue weighted by molar-refractivity contribution is -0.140. The molecule has 2 atom stereocenters. The van der Waals surface area contributed by atoms with E-state index in [0.717, 1.165) is 23.3 Å². The molecule has 0 spiro atoms. The lowest BCUT2D eigenvalue weighted by Crippen LogP contribution is -2.54. The van der Waals surface area contributed by atoms with Gasteiger partial charge in [0.15, 0.2) is 0 Å². The van der Waals surface area contributed by atoms with Gasteiger partial charge in [-0.25, -0.2) is 9.18 Å². The third kappa shape index (κ3) is 6.86. The molecule has 9 nitrogen and oxygen atoms in total. The van der Waals surface area contributed by atoms with Crippen molar-refractivity contribution in [2.75, 3.05) is 13.1 Å². The normalized spacial score (nSPS) is 15.6. The van der Waals surface area contributed by atoms with Crippen LogP contribution in [0.15, 0.2) is 48.5 Å². The highest BCUT2D eigenvalue weighted by Crippen LogP contribution is 2.23. The summed E-state index contributed by atoms with van der Waals surface area (Å²) in [6.07, 6.45) is 1.47. The molecular formula is C25H29FN4O5. The Morgan fingerprint density at radius 2 is 1.74 bits per heavy atom. The maximum absolute atomic E-state index is 13.0. The van der Waals surface area contributed by atoms with Gasteiger partial charge in [-0.15, -0.1) is 0 Å². The minimum Gasteiger partial charge on any atom is -0.480 e. The number of nitrogens with zero attached hydrogens (tertiary/aromatic N) is 1. The minimum atomic E-state index is -1.18. The molecule has 10 heteroatoms. The number of hydrogen-bond donors (Lipinski definition) is 4. The van der Waals surface area contributed by atoms with Crippen molar-refractivity contribution in [1.82, 2.24) is 15.5 Å². The molecule has 1 heterocycles. The van der Waals surface area contributed by atoms with Crippen molar-refractivity contribution < 1.29 is 28.7 Å². The van der Waals surface area contributed by atoms with Gasteiger partial charge < -0.3 is 26.4 Å². The fourth-order valence-electron chi connectivity index (χ4n) is 4.04. The van der Waals surface area contributed by atoms with Crippen LogP contribution in [0.1, 0.15) is 40.7 Å². The Balaban J connectivity index is 1.48. The minimum absolute atomic E-state index is 0.159. The Hall–Kier alpha value is -3.79. The number of unbranched alkanes of at least 4 members (excludes halogenated alkanes) is 1. The van der Waals surface area contributed by atoms with Crippen LogP contribution in [-0.2, 0) is 27.3 Å². The molecule has 0 aliphatic carbocycles. The van der Waals surface area contributed by atoms with Gasteiger partial charge in [-0.2, -0.15) is 0 Å². The molecule has 3 rings (SSSR count). The molecule has 0 unspecified atom stereocenters. The van der Waals surface area contributed by atoms with Gasteiger partial charge in [0, 0.05) is 25.1 Å². The van der Waals surface area contributed by atoms with Crippen LogP contribution >= 0.6 is 0 Å². The Morgan fingerprint density at radius 3 is 2.40 bits per heavy atom. The van der Waals surface area contributed by atoms with Gasteiger partial charge in [0.1, 0.15) is 17.9 Å². The number of rotatable bonds is 10. The van der Waals surface area contributed by atoms with Crippen LogP contribution in [0.3, 0.4) is 0 Å². The second-order valence-electron chi connectivity index (χ2n) is 8.37. The lowest BCUT2D eigenvalue weighted by atomic mass is 9.93. The average Bonchev–Trinajstić information content (AvgIpc) is 2.86. The van der Waals surface area contributed by atoms with Crippen LogP contribution in [0.25, 0.3) is 0 Å². The fourth-order valence-corrected chi connectivity index (χ4v) is 4.04. The monoisotopic (exact) mass is 484 g/mol. The van der Waals surface area contributed by atoms with E-state index in [2.05, 4.69) is 10.6 Å². The van der Waals surface area contributed by atoms with Crippen LogP contribution in [-0.4, -0.2) is 58.9 Å². The molecule has 186 valence electrons. The number of halogens is 1. The number of fused-ring (bicyclic) bond motifs is 1. The van der Waals surface area contributed by atoms with Crippen molar-refractivity contribution in [2.45, 2.75) is 44.3 Å². The van der Waals surface area contributed by atoms with Crippen molar-refractivity contribution in [3.8, 4) is 0 Å². The predicted molar refractivity (Wildman–Crippen MR) is 126 cm³/mol. The van der Waals surface area contributed by atoms with Crippen LogP contribution < -0.4 is 16.4 Å². The van der Waals surface area contributed by atoms with Crippen LogP contribution in [0.4, 0.5) is 4.39 Å². The number of nitrogens with one attached hydrogen (secondary N) is 2. The second kappa shape index (κ2) is 12.1. The zero-order chi connectivity index (χ0) is 25.4. The summed E-state index contributed by atoms with van der Waals surface area (Å²) >= 11 is 0. The molecule has 1 aliphatic rings. The van der Waals surface area contributed by atoms with Crippen molar-refractivity contribution in [3.05, 3.63) is 71.0 Å². The zero-order valence-electron chi connectivity index (χ0n) is 19.2. The Labute approximate surface area is 202 Å². The molecular weight excluding hydrogens is 455 g/mol. The molecule has 2 aromatic carbocycles. The van der Waals surface area contributed by atoms with Gasteiger partial charge in [0.25, 0.3) is 5.91 Å². The van der Waals surface area contributed by atoms with E-state index in [1.165, 1.54) is 17.0 Å². The second-order valence-corrected chi connectivity index (χ2v) is 8.37. The number of carboxylic acids is 1. The Kier molecular flexibility index (Phi) is 8.91. The summed E-state index contributed by atoms with van der Waals surface area (Å²) in [5.41, 5.74) is 7.70. The van der Waals surface area contributed by atoms with Gasteiger partial charge in [0.05, 0.1) is 6.54 Å². The average molecular weight is 485 g/mol. The molecule has 0 saturated heterocycles. The molecule has 1 aliphatic heterocycles. The summed E-state index contributed by atoms with van der Waals surface area (Å²) in [5, 5.41) is 14.7. The van der Waals surface area contributed by atoms with E-state index in [1.807, 2.05) is 24.3 Å².